The van der Waals surface area contributed by atoms with Crippen LogP contribution in [0.25, 0.3) is 0 Å². The van der Waals surface area contributed by atoms with Crippen LogP contribution in [0, 0.1) is 5.92 Å². The Hall–Kier alpha value is -0.580. The first-order chi connectivity index (χ1) is 8.08. The van der Waals surface area contributed by atoms with E-state index in [2.05, 4.69) is 31.9 Å². The first-order valence-corrected chi connectivity index (χ1v) is 7.31. The van der Waals surface area contributed by atoms with E-state index < -0.39 is 0 Å². The summed E-state index contributed by atoms with van der Waals surface area (Å²) >= 11 is 5.27. The summed E-state index contributed by atoms with van der Waals surface area (Å²) in [6, 6.07) is 4.06. The Morgan fingerprint density at radius 3 is 2.76 bits per heavy atom. The van der Waals surface area contributed by atoms with Gasteiger partial charge in [-0.1, -0.05) is 13.8 Å². The van der Waals surface area contributed by atoms with Crippen LogP contribution in [0.2, 0.25) is 0 Å². The van der Waals surface area contributed by atoms with Crippen LogP contribution in [-0.4, -0.2) is 9.67 Å². The quantitative estimate of drug-likeness (QED) is 0.905. The van der Waals surface area contributed by atoms with E-state index >= 15 is 0 Å². The van der Waals surface area contributed by atoms with Crippen LogP contribution >= 0.6 is 27.3 Å². The van der Waals surface area contributed by atoms with Crippen molar-refractivity contribution >= 4 is 27.3 Å². The zero-order valence-corrected chi connectivity index (χ0v) is 12.3. The van der Waals surface area contributed by atoms with E-state index in [4.69, 9.17) is 0 Å². The van der Waals surface area contributed by atoms with Crippen molar-refractivity contribution in [2.45, 2.75) is 26.5 Å². The SMILES string of the molecule is CC(C)C(O)c1ccn(Cc2sccc2Br)c1. The largest absolute Gasteiger partial charge is 0.388 e. The molecule has 1 atom stereocenters. The van der Waals surface area contributed by atoms with E-state index in [0.717, 1.165) is 16.6 Å². The van der Waals surface area contributed by atoms with Crippen molar-refractivity contribution in [1.82, 2.24) is 4.57 Å². The van der Waals surface area contributed by atoms with Crippen molar-refractivity contribution in [3.63, 3.8) is 0 Å². The molecule has 2 aromatic rings. The smallest absolute Gasteiger partial charge is 0.0827 e. The van der Waals surface area contributed by atoms with Crippen molar-refractivity contribution in [2.24, 2.45) is 5.92 Å². The molecule has 92 valence electrons. The second-order valence-corrected chi connectivity index (χ2v) is 6.35. The summed E-state index contributed by atoms with van der Waals surface area (Å²) in [5.41, 5.74) is 0.993. The molecule has 0 aromatic carbocycles. The molecule has 1 unspecified atom stereocenters. The number of aliphatic hydroxyl groups is 1. The maximum Gasteiger partial charge on any atom is 0.0827 e. The molecule has 0 bridgehead atoms. The molecule has 0 aliphatic rings. The number of hydrogen-bond acceptors (Lipinski definition) is 2. The van der Waals surface area contributed by atoms with Gasteiger partial charge in [0.2, 0.25) is 0 Å². The van der Waals surface area contributed by atoms with E-state index in [1.54, 1.807) is 11.3 Å². The molecule has 2 nitrogen and oxygen atoms in total. The number of nitrogens with zero attached hydrogens (tertiary/aromatic N) is 1. The first-order valence-electron chi connectivity index (χ1n) is 5.63. The normalized spacial score (nSPS) is 13.2. The molecule has 0 aliphatic carbocycles. The summed E-state index contributed by atoms with van der Waals surface area (Å²) in [5, 5.41) is 12.0. The topological polar surface area (TPSA) is 25.2 Å². The number of aromatic nitrogens is 1. The van der Waals surface area contributed by atoms with E-state index in [1.807, 2.05) is 32.3 Å². The summed E-state index contributed by atoms with van der Waals surface area (Å²) in [6.45, 7) is 4.90. The summed E-state index contributed by atoms with van der Waals surface area (Å²) in [7, 11) is 0. The average Bonchev–Trinajstić information content (AvgIpc) is 2.88. The fourth-order valence-electron chi connectivity index (χ4n) is 1.72. The molecule has 0 fully saturated rings. The Balaban J connectivity index is 2.11. The molecule has 0 amide bonds. The number of hydrogen-bond donors (Lipinski definition) is 1. The fraction of sp³-hybridized carbons (Fsp3) is 0.385. The Morgan fingerprint density at radius 1 is 1.41 bits per heavy atom. The van der Waals surface area contributed by atoms with Crippen molar-refractivity contribution < 1.29 is 5.11 Å². The van der Waals surface area contributed by atoms with Crippen LogP contribution in [0.5, 0.6) is 0 Å². The van der Waals surface area contributed by atoms with Gasteiger partial charge in [0.1, 0.15) is 0 Å². The van der Waals surface area contributed by atoms with Gasteiger partial charge < -0.3 is 9.67 Å². The van der Waals surface area contributed by atoms with Crippen LogP contribution in [0.3, 0.4) is 0 Å². The predicted molar refractivity (Wildman–Crippen MR) is 75.4 cm³/mol. The van der Waals surface area contributed by atoms with Crippen molar-refractivity contribution in [2.75, 3.05) is 0 Å². The minimum Gasteiger partial charge on any atom is -0.388 e. The third-order valence-corrected chi connectivity index (χ3v) is 4.67. The van der Waals surface area contributed by atoms with Gasteiger partial charge in [0, 0.05) is 21.7 Å². The summed E-state index contributed by atoms with van der Waals surface area (Å²) in [5.74, 6) is 0.249. The molecule has 0 saturated heterocycles. The molecule has 2 aromatic heterocycles. The molecule has 2 heterocycles. The highest BCUT2D eigenvalue weighted by atomic mass is 79.9. The van der Waals surface area contributed by atoms with Crippen LogP contribution in [0.4, 0.5) is 0 Å². The highest BCUT2D eigenvalue weighted by Gasteiger charge is 2.13. The van der Waals surface area contributed by atoms with E-state index in [0.29, 0.717) is 0 Å². The molecule has 0 spiro atoms. The summed E-state index contributed by atoms with van der Waals surface area (Å²) in [6.07, 6.45) is 3.67. The Bertz CT molecular complexity index is 489. The summed E-state index contributed by atoms with van der Waals surface area (Å²) < 4.78 is 3.26. The fourth-order valence-corrected chi connectivity index (χ4v) is 3.21. The van der Waals surface area contributed by atoms with Gasteiger partial charge in [-0.05, 0) is 44.9 Å². The van der Waals surface area contributed by atoms with Gasteiger partial charge in [-0.2, -0.15) is 0 Å². The highest BCUT2D eigenvalue weighted by Crippen LogP contribution is 2.25. The van der Waals surface area contributed by atoms with Gasteiger partial charge in [-0.15, -0.1) is 11.3 Å². The van der Waals surface area contributed by atoms with E-state index in [1.165, 1.54) is 4.88 Å². The number of thiophene rings is 1. The molecule has 0 radical (unpaired) electrons. The lowest BCUT2D eigenvalue weighted by Gasteiger charge is -2.12. The third-order valence-electron chi connectivity index (χ3n) is 2.76. The molecule has 1 N–H and O–H groups in total. The number of rotatable bonds is 4. The zero-order chi connectivity index (χ0) is 12.4. The van der Waals surface area contributed by atoms with Crippen LogP contribution in [0.15, 0.2) is 34.4 Å². The Labute approximate surface area is 114 Å². The number of halogens is 1. The number of aliphatic hydroxyl groups excluding tert-OH is 1. The lowest BCUT2D eigenvalue weighted by molar-refractivity contribution is 0.127. The molecule has 0 saturated carbocycles. The second-order valence-electron chi connectivity index (χ2n) is 4.50. The maximum absolute atomic E-state index is 9.97. The van der Waals surface area contributed by atoms with Gasteiger partial charge in [0.25, 0.3) is 0 Å². The van der Waals surface area contributed by atoms with E-state index in [9.17, 15) is 5.11 Å². The predicted octanol–water partition coefficient (Wildman–Crippen LogP) is 4.05. The minimum atomic E-state index is -0.372. The molecule has 2 rings (SSSR count). The molecule has 4 heteroatoms. The van der Waals surface area contributed by atoms with Crippen LogP contribution in [-0.2, 0) is 6.54 Å². The van der Waals surface area contributed by atoms with Crippen LogP contribution < -0.4 is 0 Å². The molecule has 0 aliphatic heterocycles. The Morgan fingerprint density at radius 2 is 2.18 bits per heavy atom. The first kappa shape index (κ1) is 12.9. The van der Waals surface area contributed by atoms with Crippen molar-refractivity contribution in [3.8, 4) is 0 Å². The Kier molecular flexibility index (Phi) is 4.07. The molecular weight excluding hydrogens is 298 g/mol. The minimum absolute atomic E-state index is 0.249. The lowest BCUT2D eigenvalue weighted by atomic mass is 10.0. The van der Waals surface area contributed by atoms with Gasteiger partial charge in [-0.25, -0.2) is 0 Å². The summed E-state index contributed by atoms with van der Waals surface area (Å²) in [4.78, 5) is 1.30. The van der Waals surface area contributed by atoms with Gasteiger partial charge in [-0.3, -0.25) is 0 Å². The van der Waals surface area contributed by atoms with E-state index in [-0.39, 0.29) is 12.0 Å². The second kappa shape index (κ2) is 5.38. The van der Waals surface area contributed by atoms with Gasteiger partial charge >= 0.3 is 0 Å². The van der Waals surface area contributed by atoms with Crippen molar-refractivity contribution in [1.29, 1.82) is 0 Å². The highest BCUT2D eigenvalue weighted by molar-refractivity contribution is 9.10. The lowest BCUT2D eigenvalue weighted by Crippen LogP contribution is -2.04. The van der Waals surface area contributed by atoms with Crippen molar-refractivity contribution in [3.05, 3.63) is 44.8 Å². The van der Waals surface area contributed by atoms with Gasteiger partial charge in [0.15, 0.2) is 0 Å². The van der Waals surface area contributed by atoms with Crippen LogP contribution in [0.1, 0.15) is 30.4 Å². The average molecular weight is 314 g/mol. The third kappa shape index (κ3) is 3.00. The monoisotopic (exact) mass is 313 g/mol. The standard InChI is InChI=1S/C13H16BrNOS/c1-9(2)13(16)10-3-5-15(7-10)8-12-11(14)4-6-17-12/h3-7,9,13,16H,8H2,1-2H3. The van der Waals surface area contributed by atoms with Gasteiger partial charge in [0.05, 0.1) is 12.6 Å². The maximum atomic E-state index is 9.97. The zero-order valence-electron chi connectivity index (χ0n) is 9.93. The molecular formula is C13H16BrNOS. The molecule has 17 heavy (non-hydrogen) atoms.